The van der Waals surface area contributed by atoms with Crippen molar-refractivity contribution in [2.45, 2.75) is 20.4 Å². The molecule has 100 valence electrons. The van der Waals surface area contributed by atoms with Gasteiger partial charge < -0.3 is 10.1 Å². The molecular weight excluding hydrogens is 234 g/mol. The summed E-state index contributed by atoms with van der Waals surface area (Å²) in [6.45, 7) is 5.10. The molecule has 0 atom stereocenters. The fourth-order valence-corrected chi connectivity index (χ4v) is 2.21. The van der Waals surface area contributed by atoms with Crippen LogP contribution in [-0.2, 0) is 6.54 Å². The Balaban J connectivity index is 2.44. The van der Waals surface area contributed by atoms with Gasteiger partial charge in [0.15, 0.2) is 0 Å². The monoisotopic (exact) mass is 255 g/mol. The molecule has 0 unspecified atom stereocenters. The van der Waals surface area contributed by atoms with Crippen LogP contribution >= 0.6 is 0 Å². The van der Waals surface area contributed by atoms with Crippen molar-refractivity contribution in [3.05, 3.63) is 53.1 Å². The Morgan fingerprint density at radius 1 is 0.947 bits per heavy atom. The maximum atomic E-state index is 5.39. The van der Waals surface area contributed by atoms with Crippen molar-refractivity contribution in [2.75, 3.05) is 14.2 Å². The molecule has 2 heteroatoms. The van der Waals surface area contributed by atoms with Crippen LogP contribution in [0, 0.1) is 13.8 Å². The van der Waals surface area contributed by atoms with Crippen molar-refractivity contribution in [2.24, 2.45) is 0 Å². The molecule has 0 heterocycles. The molecule has 0 saturated heterocycles. The SMILES string of the molecule is CNCc1cc(-c2ccc(C)c(C)c2)ccc1OC. The van der Waals surface area contributed by atoms with E-state index in [0.717, 1.165) is 12.3 Å². The molecule has 0 amide bonds. The van der Waals surface area contributed by atoms with Gasteiger partial charge in [-0.1, -0.05) is 24.3 Å². The second kappa shape index (κ2) is 5.89. The van der Waals surface area contributed by atoms with Crippen molar-refractivity contribution in [3.8, 4) is 16.9 Å². The molecule has 0 bridgehead atoms. The highest BCUT2D eigenvalue weighted by Crippen LogP contribution is 2.27. The van der Waals surface area contributed by atoms with E-state index in [1.807, 2.05) is 13.1 Å². The van der Waals surface area contributed by atoms with Crippen molar-refractivity contribution in [1.82, 2.24) is 5.32 Å². The quantitative estimate of drug-likeness (QED) is 0.899. The molecule has 0 radical (unpaired) electrons. The van der Waals surface area contributed by atoms with Crippen LogP contribution < -0.4 is 10.1 Å². The van der Waals surface area contributed by atoms with Gasteiger partial charge >= 0.3 is 0 Å². The summed E-state index contributed by atoms with van der Waals surface area (Å²) in [7, 11) is 3.66. The molecule has 1 N–H and O–H groups in total. The average Bonchev–Trinajstić information content (AvgIpc) is 2.42. The molecule has 0 aliphatic carbocycles. The topological polar surface area (TPSA) is 21.3 Å². The summed E-state index contributed by atoms with van der Waals surface area (Å²) in [5.41, 5.74) is 6.31. The van der Waals surface area contributed by atoms with Crippen LogP contribution in [0.15, 0.2) is 36.4 Å². The van der Waals surface area contributed by atoms with E-state index in [9.17, 15) is 0 Å². The van der Waals surface area contributed by atoms with Gasteiger partial charge in [-0.25, -0.2) is 0 Å². The molecule has 19 heavy (non-hydrogen) atoms. The maximum absolute atomic E-state index is 5.39. The highest BCUT2D eigenvalue weighted by molar-refractivity contribution is 5.67. The van der Waals surface area contributed by atoms with E-state index in [-0.39, 0.29) is 0 Å². The summed E-state index contributed by atoms with van der Waals surface area (Å²) in [5, 5.41) is 3.18. The summed E-state index contributed by atoms with van der Waals surface area (Å²) in [6.07, 6.45) is 0. The number of aryl methyl sites for hydroxylation is 2. The van der Waals surface area contributed by atoms with Crippen LogP contribution in [0.25, 0.3) is 11.1 Å². The van der Waals surface area contributed by atoms with Gasteiger partial charge in [0.05, 0.1) is 7.11 Å². The Kier molecular flexibility index (Phi) is 4.23. The standard InChI is InChI=1S/C17H21NO/c1-12-5-6-14(9-13(12)2)15-7-8-17(19-4)16(10-15)11-18-3/h5-10,18H,11H2,1-4H3. The Morgan fingerprint density at radius 3 is 2.26 bits per heavy atom. The lowest BCUT2D eigenvalue weighted by Gasteiger charge is -2.11. The molecule has 2 rings (SSSR count). The highest BCUT2D eigenvalue weighted by Gasteiger charge is 2.06. The third-order valence-electron chi connectivity index (χ3n) is 3.49. The molecule has 0 spiro atoms. The molecule has 2 aromatic carbocycles. The van der Waals surface area contributed by atoms with Crippen LogP contribution in [0.2, 0.25) is 0 Å². The van der Waals surface area contributed by atoms with E-state index in [4.69, 9.17) is 4.74 Å². The third kappa shape index (κ3) is 2.96. The highest BCUT2D eigenvalue weighted by atomic mass is 16.5. The van der Waals surface area contributed by atoms with Crippen molar-refractivity contribution >= 4 is 0 Å². The largest absolute Gasteiger partial charge is 0.496 e. The Hall–Kier alpha value is -1.80. The number of ether oxygens (including phenoxy) is 1. The summed E-state index contributed by atoms with van der Waals surface area (Å²) < 4.78 is 5.39. The molecular formula is C17H21NO. The Bertz CT molecular complexity index is 575. The second-order valence-corrected chi connectivity index (χ2v) is 4.86. The van der Waals surface area contributed by atoms with E-state index in [0.29, 0.717) is 0 Å². The van der Waals surface area contributed by atoms with Crippen molar-refractivity contribution < 1.29 is 4.74 Å². The minimum atomic E-state index is 0.807. The predicted molar refractivity (Wildman–Crippen MR) is 80.7 cm³/mol. The lowest BCUT2D eigenvalue weighted by atomic mass is 9.98. The number of hydrogen-bond donors (Lipinski definition) is 1. The van der Waals surface area contributed by atoms with Gasteiger partial charge in [-0.15, -0.1) is 0 Å². The molecule has 2 aromatic rings. The van der Waals surface area contributed by atoms with Gasteiger partial charge in [0, 0.05) is 12.1 Å². The van der Waals surface area contributed by atoms with Crippen LogP contribution in [-0.4, -0.2) is 14.2 Å². The second-order valence-electron chi connectivity index (χ2n) is 4.86. The normalized spacial score (nSPS) is 10.5. The van der Waals surface area contributed by atoms with Gasteiger partial charge in [-0.3, -0.25) is 0 Å². The zero-order valence-electron chi connectivity index (χ0n) is 12.1. The fraction of sp³-hybridized carbons (Fsp3) is 0.294. The Morgan fingerprint density at radius 2 is 1.63 bits per heavy atom. The first-order chi connectivity index (χ1) is 9.15. The summed E-state index contributed by atoms with van der Waals surface area (Å²) in [5.74, 6) is 0.932. The smallest absolute Gasteiger partial charge is 0.123 e. The van der Waals surface area contributed by atoms with Gasteiger partial charge in [0.1, 0.15) is 5.75 Å². The first kappa shape index (κ1) is 13.6. The molecule has 0 aromatic heterocycles. The molecule has 0 aliphatic heterocycles. The first-order valence-electron chi connectivity index (χ1n) is 6.55. The number of nitrogens with one attached hydrogen (secondary N) is 1. The molecule has 2 nitrogen and oxygen atoms in total. The predicted octanol–water partition coefficient (Wildman–Crippen LogP) is 3.70. The zero-order valence-corrected chi connectivity index (χ0v) is 12.1. The van der Waals surface area contributed by atoms with E-state index >= 15 is 0 Å². The lowest BCUT2D eigenvalue weighted by molar-refractivity contribution is 0.408. The minimum Gasteiger partial charge on any atom is -0.496 e. The lowest BCUT2D eigenvalue weighted by Crippen LogP contribution is -2.06. The maximum Gasteiger partial charge on any atom is 0.123 e. The Labute approximate surface area is 115 Å². The molecule has 0 fully saturated rings. The van der Waals surface area contributed by atoms with Crippen molar-refractivity contribution in [3.63, 3.8) is 0 Å². The van der Waals surface area contributed by atoms with Gasteiger partial charge in [0.25, 0.3) is 0 Å². The first-order valence-corrected chi connectivity index (χ1v) is 6.55. The molecule has 0 saturated carbocycles. The van der Waals surface area contributed by atoms with E-state index in [1.165, 1.54) is 27.8 Å². The number of methoxy groups -OCH3 is 1. The van der Waals surface area contributed by atoms with Crippen LogP contribution in [0.5, 0.6) is 5.75 Å². The van der Waals surface area contributed by atoms with Crippen LogP contribution in [0.4, 0.5) is 0 Å². The van der Waals surface area contributed by atoms with Crippen LogP contribution in [0.1, 0.15) is 16.7 Å². The van der Waals surface area contributed by atoms with Gasteiger partial charge in [0.2, 0.25) is 0 Å². The fourth-order valence-electron chi connectivity index (χ4n) is 2.21. The third-order valence-corrected chi connectivity index (χ3v) is 3.49. The number of hydrogen-bond acceptors (Lipinski definition) is 2. The summed E-state index contributed by atoms with van der Waals surface area (Å²) >= 11 is 0. The van der Waals surface area contributed by atoms with Crippen LogP contribution in [0.3, 0.4) is 0 Å². The summed E-state index contributed by atoms with van der Waals surface area (Å²) in [6, 6.07) is 12.9. The van der Waals surface area contributed by atoms with E-state index in [1.54, 1.807) is 7.11 Å². The minimum absolute atomic E-state index is 0.807. The average molecular weight is 255 g/mol. The van der Waals surface area contributed by atoms with Crippen molar-refractivity contribution in [1.29, 1.82) is 0 Å². The molecule has 0 aliphatic rings. The van der Waals surface area contributed by atoms with E-state index in [2.05, 4.69) is 49.5 Å². The zero-order chi connectivity index (χ0) is 13.8. The number of benzene rings is 2. The van der Waals surface area contributed by atoms with Gasteiger partial charge in [-0.05, 0) is 55.3 Å². The summed E-state index contributed by atoms with van der Waals surface area (Å²) in [4.78, 5) is 0. The number of rotatable bonds is 4. The van der Waals surface area contributed by atoms with Gasteiger partial charge in [-0.2, -0.15) is 0 Å². The van der Waals surface area contributed by atoms with E-state index < -0.39 is 0 Å².